The summed E-state index contributed by atoms with van der Waals surface area (Å²) in [4.78, 5) is 21.9. The lowest BCUT2D eigenvalue weighted by molar-refractivity contribution is 0.111. The lowest BCUT2D eigenvalue weighted by Crippen LogP contribution is -2.26. The second-order valence-electron chi connectivity index (χ2n) is 4.37. The Bertz CT molecular complexity index is 583. The van der Waals surface area contributed by atoms with Crippen LogP contribution in [-0.4, -0.2) is 33.9 Å². The van der Waals surface area contributed by atoms with Gasteiger partial charge < -0.3 is 10.1 Å². The minimum absolute atomic E-state index is 0.248. The van der Waals surface area contributed by atoms with Crippen LogP contribution >= 0.6 is 0 Å². The van der Waals surface area contributed by atoms with Crippen LogP contribution in [0.5, 0.6) is 0 Å². The molecule has 0 unspecified atom stereocenters. The second-order valence-corrected chi connectivity index (χ2v) is 4.37. The monoisotopic (exact) mass is 288 g/mol. The van der Waals surface area contributed by atoms with E-state index >= 15 is 0 Å². The highest BCUT2D eigenvalue weighted by atomic mass is 16.5. The van der Waals surface area contributed by atoms with Crippen LogP contribution in [0.25, 0.3) is 0 Å². The minimum atomic E-state index is -0.453. The van der Waals surface area contributed by atoms with Crippen LogP contribution in [0.4, 0.5) is 4.79 Å². The highest BCUT2D eigenvalue weighted by molar-refractivity contribution is 5.70. The van der Waals surface area contributed by atoms with Crippen molar-refractivity contribution < 1.29 is 14.3 Å². The first-order valence-electron chi connectivity index (χ1n) is 6.58. The van der Waals surface area contributed by atoms with Crippen molar-refractivity contribution in [3.05, 3.63) is 47.8 Å². The number of aryl methyl sites for hydroxylation is 1. The van der Waals surface area contributed by atoms with Gasteiger partial charge in [-0.05, 0) is 12.0 Å². The van der Waals surface area contributed by atoms with Crippen molar-refractivity contribution in [1.82, 2.24) is 20.3 Å². The molecular weight excluding hydrogens is 272 g/mol. The van der Waals surface area contributed by atoms with Crippen LogP contribution in [0.2, 0.25) is 0 Å². The maximum Gasteiger partial charge on any atom is 0.407 e. The minimum Gasteiger partial charge on any atom is -0.445 e. The standard InChI is InChI=1S/C14H16N4O3/c19-10-13-9-18(17-16-13)8-4-7-15-14(20)21-11-12-5-2-1-3-6-12/h1-3,5-6,9-10H,4,7-8,11H2,(H,15,20). The van der Waals surface area contributed by atoms with Crippen LogP contribution in [0.15, 0.2) is 36.5 Å². The molecule has 1 heterocycles. The SMILES string of the molecule is O=Cc1cn(CCCNC(=O)OCc2ccccc2)nn1. The summed E-state index contributed by atoms with van der Waals surface area (Å²) in [5.41, 5.74) is 1.24. The molecule has 0 atom stereocenters. The smallest absolute Gasteiger partial charge is 0.407 e. The van der Waals surface area contributed by atoms with Crippen LogP contribution < -0.4 is 5.32 Å². The molecule has 21 heavy (non-hydrogen) atoms. The molecule has 1 aromatic heterocycles. The molecule has 110 valence electrons. The number of amides is 1. The summed E-state index contributed by atoms with van der Waals surface area (Å²) in [6.45, 7) is 1.28. The normalized spacial score (nSPS) is 10.1. The molecule has 0 aliphatic carbocycles. The number of aromatic nitrogens is 3. The summed E-state index contributed by atoms with van der Waals surface area (Å²) in [6.07, 6.45) is 2.41. The summed E-state index contributed by atoms with van der Waals surface area (Å²) in [6, 6.07) is 9.47. The number of benzene rings is 1. The highest BCUT2D eigenvalue weighted by Gasteiger charge is 2.02. The van der Waals surface area contributed by atoms with E-state index in [9.17, 15) is 9.59 Å². The zero-order valence-corrected chi connectivity index (χ0v) is 11.4. The molecule has 1 N–H and O–H groups in total. The average Bonchev–Trinajstić information content (AvgIpc) is 2.98. The number of nitrogens with one attached hydrogen (secondary N) is 1. The molecule has 0 aliphatic heterocycles. The van der Waals surface area contributed by atoms with Gasteiger partial charge in [0.25, 0.3) is 0 Å². The molecule has 0 bridgehead atoms. The Hall–Kier alpha value is -2.70. The fourth-order valence-electron chi connectivity index (χ4n) is 1.68. The summed E-state index contributed by atoms with van der Waals surface area (Å²) >= 11 is 0. The predicted molar refractivity (Wildman–Crippen MR) is 74.7 cm³/mol. The number of aldehydes is 1. The van der Waals surface area contributed by atoms with Crippen molar-refractivity contribution in [2.75, 3.05) is 6.54 Å². The van der Waals surface area contributed by atoms with Crippen molar-refractivity contribution in [2.24, 2.45) is 0 Å². The number of ether oxygens (including phenoxy) is 1. The third-order valence-electron chi connectivity index (χ3n) is 2.72. The number of nitrogens with zero attached hydrogens (tertiary/aromatic N) is 3. The second kappa shape index (κ2) is 7.78. The van der Waals surface area contributed by atoms with Crippen LogP contribution in [-0.2, 0) is 17.9 Å². The van der Waals surface area contributed by atoms with Crippen molar-refractivity contribution in [3.63, 3.8) is 0 Å². The molecule has 0 radical (unpaired) electrons. The third kappa shape index (κ3) is 5.06. The van der Waals surface area contributed by atoms with Crippen LogP contribution in [0, 0.1) is 0 Å². The van der Waals surface area contributed by atoms with Gasteiger partial charge in [-0.1, -0.05) is 35.5 Å². The maximum absolute atomic E-state index is 11.5. The Kier molecular flexibility index (Phi) is 5.45. The predicted octanol–water partition coefficient (Wildman–Crippen LogP) is 1.41. The molecule has 0 saturated carbocycles. The lowest BCUT2D eigenvalue weighted by atomic mass is 10.2. The van der Waals surface area contributed by atoms with Gasteiger partial charge in [0.2, 0.25) is 0 Å². The fourth-order valence-corrected chi connectivity index (χ4v) is 1.68. The summed E-state index contributed by atoms with van der Waals surface area (Å²) in [7, 11) is 0. The molecule has 7 nitrogen and oxygen atoms in total. The number of rotatable bonds is 7. The van der Waals surface area contributed by atoms with Crippen molar-refractivity contribution in [2.45, 2.75) is 19.6 Å². The third-order valence-corrected chi connectivity index (χ3v) is 2.72. The molecule has 2 aromatic rings. The number of hydrogen-bond donors (Lipinski definition) is 1. The summed E-state index contributed by atoms with van der Waals surface area (Å²) in [5, 5.41) is 10.1. The zero-order valence-electron chi connectivity index (χ0n) is 11.4. The van der Waals surface area contributed by atoms with Gasteiger partial charge in [-0.25, -0.2) is 4.79 Å². The number of hydrogen-bond acceptors (Lipinski definition) is 5. The Balaban J connectivity index is 1.60. The van der Waals surface area contributed by atoms with E-state index in [2.05, 4.69) is 15.6 Å². The van der Waals surface area contributed by atoms with Crippen molar-refractivity contribution >= 4 is 12.4 Å². The molecule has 0 fully saturated rings. The Morgan fingerprint density at radius 3 is 2.86 bits per heavy atom. The number of alkyl carbamates (subject to hydrolysis) is 1. The van der Waals surface area contributed by atoms with Gasteiger partial charge in [0.15, 0.2) is 6.29 Å². The molecule has 7 heteroatoms. The quantitative estimate of drug-likeness (QED) is 0.615. The largest absolute Gasteiger partial charge is 0.445 e. The van der Waals surface area contributed by atoms with Gasteiger partial charge >= 0.3 is 6.09 Å². The van der Waals surface area contributed by atoms with Crippen molar-refractivity contribution in [3.8, 4) is 0 Å². The molecule has 0 saturated heterocycles. The van der Waals surface area contributed by atoms with E-state index in [4.69, 9.17) is 4.74 Å². The van der Waals surface area contributed by atoms with E-state index < -0.39 is 6.09 Å². The van der Waals surface area contributed by atoms with Gasteiger partial charge in [-0.2, -0.15) is 0 Å². The van der Waals surface area contributed by atoms with E-state index in [1.807, 2.05) is 30.3 Å². The molecule has 0 spiro atoms. The summed E-state index contributed by atoms with van der Waals surface area (Å²) in [5.74, 6) is 0. The highest BCUT2D eigenvalue weighted by Crippen LogP contribution is 2.00. The number of carbonyl (C=O) groups excluding carboxylic acids is 2. The van der Waals surface area contributed by atoms with E-state index in [1.165, 1.54) is 0 Å². The fraction of sp³-hybridized carbons (Fsp3) is 0.286. The van der Waals surface area contributed by atoms with E-state index in [1.54, 1.807) is 10.9 Å². The molecule has 1 amide bonds. The molecular formula is C14H16N4O3. The van der Waals surface area contributed by atoms with Gasteiger partial charge in [-0.3, -0.25) is 9.48 Å². The Morgan fingerprint density at radius 2 is 2.14 bits per heavy atom. The first-order valence-corrected chi connectivity index (χ1v) is 6.58. The van der Waals surface area contributed by atoms with Crippen LogP contribution in [0.3, 0.4) is 0 Å². The van der Waals surface area contributed by atoms with E-state index in [-0.39, 0.29) is 6.61 Å². The maximum atomic E-state index is 11.5. The lowest BCUT2D eigenvalue weighted by Gasteiger charge is -2.06. The van der Waals surface area contributed by atoms with Gasteiger partial charge in [0, 0.05) is 13.1 Å². The topological polar surface area (TPSA) is 86.1 Å². The Morgan fingerprint density at radius 1 is 1.33 bits per heavy atom. The molecule has 2 rings (SSSR count). The van der Waals surface area contributed by atoms with Gasteiger partial charge in [0.05, 0.1) is 6.20 Å². The van der Waals surface area contributed by atoms with Gasteiger partial charge in [-0.15, -0.1) is 5.10 Å². The van der Waals surface area contributed by atoms with E-state index in [0.717, 1.165) is 5.56 Å². The summed E-state index contributed by atoms with van der Waals surface area (Å²) < 4.78 is 6.63. The first-order chi connectivity index (χ1) is 10.3. The van der Waals surface area contributed by atoms with Crippen molar-refractivity contribution in [1.29, 1.82) is 0 Å². The first kappa shape index (κ1) is 14.7. The average molecular weight is 288 g/mol. The number of carbonyl (C=O) groups is 2. The van der Waals surface area contributed by atoms with Gasteiger partial charge in [0.1, 0.15) is 12.3 Å². The molecule has 1 aromatic carbocycles. The van der Waals surface area contributed by atoms with E-state index in [0.29, 0.717) is 31.5 Å². The van der Waals surface area contributed by atoms with Crippen LogP contribution in [0.1, 0.15) is 22.5 Å². The Labute approximate surface area is 121 Å². The molecule has 0 aliphatic rings. The zero-order chi connectivity index (χ0) is 14.9.